The standard InChI is InChI=1S/C46H64N10O7/c1-5-6-7-8-9-10-11-32-24-29(2)40(52-28-32)44(59)54-36(16-17-47)46(61)56(4)41-33-13-15-39(63-23-20-50)35(27-33)34-25-31(12-14-38(34)62-22-19-49)26-37(43(58)51-21-18-48)55-42(57)30(3)53-45(41)60/h12-15,24-25,27-28,30,36-37,41H,5-11,16-17,19-23,26,47,49-50H2,1-4H3,(H,51,58)(H,53,60)(H,54,59)(H,55,57)/t30-,36-,37-,41-/m0/s1. The largest absolute Gasteiger partial charge is 0.492 e. The van der Waals surface area contributed by atoms with Crippen molar-refractivity contribution in [2.45, 2.75) is 103 Å². The number of carbonyl (C=O) groups is 5. The third kappa shape index (κ3) is 14.0. The smallest absolute Gasteiger partial charge is 0.270 e. The van der Waals surface area contributed by atoms with Gasteiger partial charge in [0.1, 0.15) is 61.1 Å². The minimum atomic E-state index is -1.37. The van der Waals surface area contributed by atoms with Crippen LogP contribution in [0.2, 0.25) is 0 Å². The Balaban J connectivity index is 1.76. The van der Waals surface area contributed by atoms with Crippen LogP contribution < -0.4 is 47.9 Å². The highest BCUT2D eigenvalue weighted by molar-refractivity contribution is 5.99. The number of aryl methyl sites for hydroxylation is 2. The Morgan fingerprint density at radius 2 is 1.59 bits per heavy atom. The number of unbranched alkanes of at least 4 members (excludes halogenated alkanes) is 5. The van der Waals surface area contributed by atoms with Gasteiger partial charge < -0.3 is 52.8 Å². The van der Waals surface area contributed by atoms with E-state index in [2.05, 4.69) is 33.2 Å². The van der Waals surface area contributed by atoms with E-state index in [-0.39, 0.29) is 57.9 Å². The zero-order chi connectivity index (χ0) is 45.9. The van der Waals surface area contributed by atoms with Crippen LogP contribution in [0.4, 0.5) is 0 Å². The average Bonchev–Trinajstić information content (AvgIpc) is 3.27. The zero-order valence-corrected chi connectivity index (χ0v) is 37.0. The number of nitrogens with two attached hydrogens (primary N) is 3. The molecule has 63 heavy (non-hydrogen) atoms. The number of nitrogens with zero attached hydrogens (tertiary/aromatic N) is 3. The van der Waals surface area contributed by atoms with Gasteiger partial charge in [0.15, 0.2) is 0 Å². The molecular weight excluding hydrogens is 805 g/mol. The molecule has 3 aromatic rings. The molecule has 4 rings (SSSR count). The van der Waals surface area contributed by atoms with E-state index >= 15 is 0 Å². The first kappa shape index (κ1) is 49.6. The van der Waals surface area contributed by atoms with Gasteiger partial charge in [-0.05, 0) is 86.2 Å². The fourth-order valence-electron chi connectivity index (χ4n) is 7.47. The lowest BCUT2D eigenvalue weighted by atomic mass is 9.93. The lowest BCUT2D eigenvalue weighted by molar-refractivity contribution is -0.141. The van der Waals surface area contributed by atoms with Gasteiger partial charge >= 0.3 is 0 Å². The van der Waals surface area contributed by atoms with Crippen molar-refractivity contribution >= 4 is 29.5 Å². The van der Waals surface area contributed by atoms with Crippen LogP contribution >= 0.6 is 0 Å². The molecule has 5 amide bonds. The number of likely N-dealkylation sites (N-methyl/N-ethyl adjacent to an activating group) is 1. The molecule has 1 aromatic heterocycles. The summed E-state index contributed by atoms with van der Waals surface area (Å²) >= 11 is 0. The molecule has 0 spiro atoms. The number of nitrogens with one attached hydrogen (secondary N) is 4. The monoisotopic (exact) mass is 868 g/mol. The van der Waals surface area contributed by atoms with Gasteiger partial charge in [0.05, 0.1) is 6.07 Å². The molecule has 2 heterocycles. The van der Waals surface area contributed by atoms with Gasteiger partial charge in [-0.15, -0.1) is 0 Å². The summed E-state index contributed by atoms with van der Waals surface area (Å²) in [6.45, 7) is 5.89. The van der Waals surface area contributed by atoms with Crippen molar-refractivity contribution in [1.82, 2.24) is 31.2 Å². The first-order valence-corrected chi connectivity index (χ1v) is 21.8. The minimum Gasteiger partial charge on any atom is -0.492 e. The lowest BCUT2D eigenvalue weighted by Gasteiger charge is -2.32. The molecule has 0 radical (unpaired) electrons. The molecular formula is C46H64N10O7. The highest BCUT2D eigenvalue weighted by Crippen LogP contribution is 2.40. The predicted molar refractivity (Wildman–Crippen MR) is 239 cm³/mol. The quantitative estimate of drug-likeness (QED) is 0.0601. The summed E-state index contributed by atoms with van der Waals surface area (Å²) in [7, 11) is 1.43. The van der Waals surface area contributed by atoms with Crippen LogP contribution in [-0.2, 0) is 32.0 Å². The SMILES string of the molecule is CCCCCCCCc1cnc(C(=O)N[C@@H](CCN)C(=O)N(C)[C@@H]2C(=O)N[C@@H](C)C(=O)N[C@H](C(=O)NCC#N)Cc3ccc(OCCN)c(c3)-c3cc2ccc3OCCN)c(C)c1. The molecule has 10 N–H and O–H groups in total. The van der Waals surface area contributed by atoms with E-state index in [4.69, 9.17) is 31.9 Å². The van der Waals surface area contributed by atoms with Crippen LogP contribution in [0.15, 0.2) is 48.7 Å². The minimum absolute atomic E-state index is 0.0129. The summed E-state index contributed by atoms with van der Waals surface area (Å²) in [6.07, 6.45) is 9.56. The number of hydrogen-bond donors (Lipinski definition) is 7. The number of pyridine rings is 1. The van der Waals surface area contributed by atoms with E-state index in [1.165, 1.54) is 44.6 Å². The second-order valence-electron chi connectivity index (χ2n) is 15.7. The summed E-state index contributed by atoms with van der Waals surface area (Å²) in [5.41, 5.74) is 21.4. The number of fused-ring (bicyclic) bond motifs is 5. The van der Waals surface area contributed by atoms with Crippen LogP contribution in [0.3, 0.4) is 0 Å². The maximum atomic E-state index is 14.6. The number of hydrogen-bond acceptors (Lipinski definition) is 12. The van der Waals surface area contributed by atoms with Gasteiger partial charge in [0.2, 0.25) is 23.6 Å². The molecule has 340 valence electrons. The van der Waals surface area contributed by atoms with Gasteiger partial charge in [-0.1, -0.05) is 57.2 Å². The summed E-state index contributed by atoms with van der Waals surface area (Å²) < 4.78 is 12.2. The number of benzene rings is 2. The van der Waals surface area contributed by atoms with E-state index in [0.29, 0.717) is 39.3 Å². The summed E-state index contributed by atoms with van der Waals surface area (Å²) in [5.74, 6) is -2.43. The average molecular weight is 869 g/mol. The van der Waals surface area contributed by atoms with Crippen molar-refractivity contribution in [3.8, 4) is 28.7 Å². The number of ether oxygens (including phenoxy) is 2. The van der Waals surface area contributed by atoms with Gasteiger partial charge in [-0.2, -0.15) is 5.26 Å². The molecule has 17 heteroatoms. The van der Waals surface area contributed by atoms with Crippen molar-refractivity contribution in [2.75, 3.05) is 46.4 Å². The fraction of sp³-hybridized carbons (Fsp3) is 0.500. The first-order chi connectivity index (χ1) is 30.4. The lowest BCUT2D eigenvalue weighted by Crippen LogP contribution is -2.56. The molecule has 0 aliphatic carbocycles. The molecule has 1 aliphatic rings. The Morgan fingerprint density at radius 1 is 0.921 bits per heavy atom. The van der Waals surface area contributed by atoms with Gasteiger partial charge in [-0.25, -0.2) is 0 Å². The van der Waals surface area contributed by atoms with E-state index in [1.54, 1.807) is 49.5 Å². The summed E-state index contributed by atoms with van der Waals surface area (Å²) in [4.78, 5) is 75.6. The topological polar surface area (TPSA) is 270 Å². The maximum absolute atomic E-state index is 14.6. The second-order valence-corrected chi connectivity index (χ2v) is 15.7. The Hall–Kier alpha value is -6.09. The molecule has 0 saturated heterocycles. The zero-order valence-electron chi connectivity index (χ0n) is 37.0. The molecule has 0 fully saturated rings. The van der Waals surface area contributed by atoms with Gasteiger partial charge in [0.25, 0.3) is 5.91 Å². The van der Waals surface area contributed by atoms with Crippen molar-refractivity contribution in [3.63, 3.8) is 0 Å². The number of carbonyl (C=O) groups excluding carboxylic acids is 5. The predicted octanol–water partition coefficient (Wildman–Crippen LogP) is 2.47. The van der Waals surface area contributed by atoms with Crippen molar-refractivity contribution in [3.05, 3.63) is 76.6 Å². The van der Waals surface area contributed by atoms with E-state index in [0.717, 1.165) is 24.8 Å². The van der Waals surface area contributed by atoms with Gasteiger partial charge in [-0.3, -0.25) is 29.0 Å². The molecule has 1 aliphatic heterocycles. The van der Waals surface area contributed by atoms with Crippen molar-refractivity contribution in [1.29, 1.82) is 5.26 Å². The molecule has 0 unspecified atom stereocenters. The molecule has 17 nitrogen and oxygen atoms in total. The van der Waals surface area contributed by atoms with Crippen LogP contribution in [0.25, 0.3) is 11.1 Å². The van der Waals surface area contributed by atoms with E-state index in [1.807, 2.05) is 12.1 Å². The third-order valence-electron chi connectivity index (χ3n) is 10.8. The maximum Gasteiger partial charge on any atom is 0.270 e. The first-order valence-electron chi connectivity index (χ1n) is 21.8. The third-order valence-corrected chi connectivity index (χ3v) is 10.8. The normalized spacial score (nSPS) is 16.6. The Bertz CT molecular complexity index is 2090. The molecule has 4 atom stereocenters. The Morgan fingerprint density at radius 3 is 2.24 bits per heavy atom. The fourth-order valence-corrected chi connectivity index (χ4v) is 7.47. The van der Waals surface area contributed by atoms with Crippen LogP contribution in [-0.4, -0.2) is 104 Å². The summed E-state index contributed by atoms with van der Waals surface area (Å²) in [6, 6.07) is 9.15. The Labute approximate surface area is 370 Å². The van der Waals surface area contributed by atoms with Gasteiger partial charge in [0, 0.05) is 43.9 Å². The number of amides is 5. The van der Waals surface area contributed by atoms with Crippen LogP contribution in [0.1, 0.15) is 97.6 Å². The highest BCUT2D eigenvalue weighted by Gasteiger charge is 2.36. The molecule has 0 saturated carbocycles. The highest BCUT2D eigenvalue weighted by atomic mass is 16.5. The van der Waals surface area contributed by atoms with Crippen LogP contribution in [0.5, 0.6) is 11.5 Å². The van der Waals surface area contributed by atoms with E-state index < -0.39 is 53.7 Å². The van der Waals surface area contributed by atoms with E-state index in [9.17, 15) is 24.0 Å². The number of nitriles is 1. The van der Waals surface area contributed by atoms with Crippen LogP contribution in [0, 0.1) is 18.3 Å². The summed E-state index contributed by atoms with van der Waals surface area (Å²) in [5, 5.41) is 19.9. The Kier molecular flexibility index (Phi) is 19.8. The second kappa shape index (κ2) is 25.1. The van der Waals surface area contributed by atoms with Crippen molar-refractivity contribution in [2.24, 2.45) is 17.2 Å². The number of aromatic nitrogens is 1. The van der Waals surface area contributed by atoms with Crippen molar-refractivity contribution < 1.29 is 33.4 Å². The molecule has 4 bridgehead atoms. The molecule has 2 aromatic carbocycles. The number of rotatable bonds is 21.